The number of rotatable bonds is 5. The third kappa shape index (κ3) is 4.01. The van der Waals surface area contributed by atoms with Gasteiger partial charge >= 0.3 is 0 Å². The lowest BCUT2D eigenvalue weighted by Crippen LogP contribution is -2.30. The lowest BCUT2D eigenvalue weighted by Gasteiger charge is -2.23. The molecule has 25 heavy (non-hydrogen) atoms. The molecule has 5 heteroatoms. The van der Waals surface area contributed by atoms with Crippen molar-refractivity contribution < 1.29 is 13.9 Å². The van der Waals surface area contributed by atoms with E-state index in [1.165, 1.54) is 24.3 Å². The molecular weight excluding hydrogens is 319 g/mol. The van der Waals surface area contributed by atoms with Crippen molar-refractivity contribution in [2.24, 2.45) is 0 Å². The molecule has 0 radical (unpaired) electrons. The average molecular weight is 336 g/mol. The summed E-state index contributed by atoms with van der Waals surface area (Å²) in [6, 6.07) is 18.3. The molecule has 0 saturated heterocycles. The van der Waals surface area contributed by atoms with Crippen molar-refractivity contribution in [2.45, 2.75) is 6.54 Å². The number of halogens is 1. The molecule has 0 aliphatic rings. The summed E-state index contributed by atoms with van der Waals surface area (Å²) in [5, 5.41) is 0. The minimum atomic E-state index is -0.378. The van der Waals surface area contributed by atoms with Gasteiger partial charge < -0.3 is 9.64 Å². The van der Waals surface area contributed by atoms with Gasteiger partial charge in [0.2, 0.25) is 0 Å². The predicted octanol–water partition coefficient (Wildman–Crippen LogP) is 4.08. The number of aromatic nitrogens is 1. The molecule has 4 nitrogen and oxygen atoms in total. The van der Waals surface area contributed by atoms with Crippen LogP contribution >= 0.6 is 0 Å². The number of hydrogen-bond donors (Lipinski definition) is 0. The van der Waals surface area contributed by atoms with Crippen molar-refractivity contribution in [3.8, 4) is 5.75 Å². The Morgan fingerprint density at radius 3 is 2.36 bits per heavy atom. The quantitative estimate of drug-likeness (QED) is 0.705. The van der Waals surface area contributed by atoms with E-state index in [1.54, 1.807) is 30.3 Å². The van der Waals surface area contributed by atoms with E-state index in [0.717, 1.165) is 5.69 Å². The maximum atomic E-state index is 13.2. The average Bonchev–Trinajstić information content (AvgIpc) is 2.67. The summed E-state index contributed by atoms with van der Waals surface area (Å²) in [4.78, 5) is 18.9. The molecule has 0 aliphatic heterocycles. The first-order valence-electron chi connectivity index (χ1n) is 7.79. The van der Waals surface area contributed by atoms with E-state index in [9.17, 15) is 9.18 Å². The highest BCUT2D eigenvalue weighted by molar-refractivity contribution is 6.06. The standard InChI is InChI=1S/C20H17FN2O2/c1-25-19-11-9-18(10-12-19)23(14-17-4-2-3-13-22-17)20(24)15-5-7-16(21)8-6-15/h2-13H,14H2,1H3. The zero-order chi connectivity index (χ0) is 17.6. The van der Waals surface area contributed by atoms with E-state index in [1.807, 2.05) is 30.3 Å². The normalized spacial score (nSPS) is 10.3. The molecular formula is C20H17FN2O2. The van der Waals surface area contributed by atoms with Crippen LogP contribution in [0.3, 0.4) is 0 Å². The van der Waals surface area contributed by atoms with Crippen LogP contribution in [-0.4, -0.2) is 18.0 Å². The molecule has 2 aromatic carbocycles. The molecule has 1 heterocycles. The van der Waals surface area contributed by atoms with Gasteiger partial charge in [-0.3, -0.25) is 9.78 Å². The molecule has 0 bridgehead atoms. The smallest absolute Gasteiger partial charge is 0.258 e. The zero-order valence-electron chi connectivity index (χ0n) is 13.7. The van der Waals surface area contributed by atoms with Gasteiger partial charge in [0, 0.05) is 17.4 Å². The first-order chi connectivity index (χ1) is 12.2. The minimum Gasteiger partial charge on any atom is -0.497 e. The fraction of sp³-hybridized carbons (Fsp3) is 0.100. The van der Waals surface area contributed by atoms with Crippen molar-refractivity contribution in [2.75, 3.05) is 12.0 Å². The second-order valence-corrected chi connectivity index (χ2v) is 5.42. The highest BCUT2D eigenvalue weighted by Crippen LogP contribution is 2.23. The third-order valence-electron chi connectivity index (χ3n) is 3.77. The van der Waals surface area contributed by atoms with E-state index in [4.69, 9.17) is 4.74 Å². The van der Waals surface area contributed by atoms with Crippen LogP contribution in [0.4, 0.5) is 10.1 Å². The minimum absolute atomic E-state index is 0.226. The van der Waals surface area contributed by atoms with Crippen LogP contribution in [0.5, 0.6) is 5.75 Å². The summed E-state index contributed by atoms with van der Waals surface area (Å²) in [6.45, 7) is 0.309. The van der Waals surface area contributed by atoms with Crippen LogP contribution in [0.2, 0.25) is 0 Å². The van der Waals surface area contributed by atoms with Gasteiger partial charge in [-0.15, -0.1) is 0 Å². The van der Waals surface area contributed by atoms with Gasteiger partial charge in [-0.05, 0) is 60.7 Å². The molecule has 0 fully saturated rings. The molecule has 0 spiro atoms. The van der Waals surface area contributed by atoms with Gasteiger partial charge in [-0.2, -0.15) is 0 Å². The number of carbonyl (C=O) groups excluding carboxylic acids is 1. The summed E-state index contributed by atoms with van der Waals surface area (Å²) in [5.41, 5.74) is 1.88. The number of anilines is 1. The van der Waals surface area contributed by atoms with Gasteiger partial charge in [-0.25, -0.2) is 4.39 Å². The molecule has 0 saturated carbocycles. The Balaban J connectivity index is 1.95. The lowest BCUT2D eigenvalue weighted by atomic mass is 10.1. The molecule has 1 amide bonds. The molecule has 3 rings (SSSR count). The highest BCUT2D eigenvalue weighted by atomic mass is 19.1. The topological polar surface area (TPSA) is 42.4 Å². The number of nitrogens with zero attached hydrogens (tertiary/aromatic N) is 2. The van der Waals surface area contributed by atoms with E-state index in [2.05, 4.69) is 4.98 Å². The number of hydrogen-bond acceptors (Lipinski definition) is 3. The van der Waals surface area contributed by atoms with Gasteiger partial charge in [0.05, 0.1) is 19.3 Å². The summed E-state index contributed by atoms with van der Waals surface area (Å²) in [7, 11) is 1.59. The van der Waals surface area contributed by atoms with Crippen molar-refractivity contribution in [3.63, 3.8) is 0 Å². The second-order valence-electron chi connectivity index (χ2n) is 5.42. The van der Waals surface area contributed by atoms with Crippen LogP contribution in [0.1, 0.15) is 16.1 Å². The Morgan fingerprint density at radius 1 is 1.04 bits per heavy atom. The molecule has 0 unspecified atom stereocenters. The number of carbonyl (C=O) groups is 1. The van der Waals surface area contributed by atoms with E-state index < -0.39 is 0 Å². The van der Waals surface area contributed by atoms with Gasteiger partial charge in [-0.1, -0.05) is 6.07 Å². The first-order valence-corrected chi connectivity index (χ1v) is 7.79. The fourth-order valence-electron chi connectivity index (χ4n) is 2.44. The monoisotopic (exact) mass is 336 g/mol. The summed E-state index contributed by atoms with van der Waals surface area (Å²) in [5.74, 6) is 0.101. The van der Waals surface area contributed by atoms with Crippen LogP contribution in [0.25, 0.3) is 0 Å². The first kappa shape index (κ1) is 16.6. The zero-order valence-corrected chi connectivity index (χ0v) is 13.7. The van der Waals surface area contributed by atoms with E-state index >= 15 is 0 Å². The fourth-order valence-corrected chi connectivity index (χ4v) is 2.44. The Morgan fingerprint density at radius 2 is 1.76 bits per heavy atom. The van der Waals surface area contributed by atoms with Gasteiger partial charge in [0.15, 0.2) is 0 Å². The van der Waals surface area contributed by atoms with Crippen LogP contribution in [0.15, 0.2) is 72.9 Å². The summed E-state index contributed by atoms with van der Waals surface area (Å²) < 4.78 is 18.3. The highest BCUT2D eigenvalue weighted by Gasteiger charge is 2.19. The largest absolute Gasteiger partial charge is 0.497 e. The number of methoxy groups -OCH3 is 1. The van der Waals surface area contributed by atoms with E-state index in [-0.39, 0.29) is 11.7 Å². The number of pyridine rings is 1. The van der Waals surface area contributed by atoms with Gasteiger partial charge in [0.1, 0.15) is 11.6 Å². The van der Waals surface area contributed by atoms with E-state index in [0.29, 0.717) is 23.5 Å². The van der Waals surface area contributed by atoms with Crippen LogP contribution in [-0.2, 0) is 6.54 Å². The number of ether oxygens (including phenoxy) is 1. The molecule has 126 valence electrons. The predicted molar refractivity (Wildman–Crippen MR) is 94.1 cm³/mol. The lowest BCUT2D eigenvalue weighted by molar-refractivity contribution is 0.0984. The Labute approximate surface area is 145 Å². The third-order valence-corrected chi connectivity index (χ3v) is 3.77. The van der Waals surface area contributed by atoms with Crippen LogP contribution < -0.4 is 9.64 Å². The second kappa shape index (κ2) is 7.57. The van der Waals surface area contributed by atoms with Gasteiger partial charge in [0.25, 0.3) is 5.91 Å². The van der Waals surface area contributed by atoms with Crippen molar-refractivity contribution in [1.82, 2.24) is 4.98 Å². The number of benzene rings is 2. The Hall–Kier alpha value is -3.21. The number of amides is 1. The maximum Gasteiger partial charge on any atom is 0.258 e. The molecule has 0 N–H and O–H groups in total. The summed E-state index contributed by atoms with van der Waals surface area (Å²) in [6.07, 6.45) is 1.68. The maximum absolute atomic E-state index is 13.2. The summed E-state index contributed by atoms with van der Waals surface area (Å²) >= 11 is 0. The van der Waals surface area contributed by atoms with Crippen LogP contribution in [0, 0.1) is 5.82 Å². The molecule has 1 aromatic heterocycles. The molecule has 0 aliphatic carbocycles. The Bertz CT molecular complexity index is 834. The van der Waals surface area contributed by atoms with Crippen molar-refractivity contribution in [3.05, 3.63) is 90.0 Å². The molecule has 0 atom stereocenters. The SMILES string of the molecule is COc1ccc(N(Cc2ccccn2)C(=O)c2ccc(F)cc2)cc1. The molecule has 3 aromatic rings. The Kier molecular flexibility index (Phi) is 5.04. The van der Waals surface area contributed by atoms with Crippen molar-refractivity contribution in [1.29, 1.82) is 0 Å². The van der Waals surface area contributed by atoms with Crippen molar-refractivity contribution >= 4 is 11.6 Å².